The van der Waals surface area contributed by atoms with Crippen LogP contribution >= 0.6 is 0 Å². The summed E-state index contributed by atoms with van der Waals surface area (Å²) in [4.78, 5) is 11.8. The van der Waals surface area contributed by atoms with Crippen molar-refractivity contribution in [3.63, 3.8) is 0 Å². The third-order valence-electron chi connectivity index (χ3n) is 4.25. The molecule has 1 aromatic rings. The third kappa shape index (κ3) is 5.75. The number of urea groups is 1. The van der Waals surface area contributed by atoms with E-state index in [-0.39, 0.29) is 18.1 Å². The van der Waals surface area contributed by atoms with Gasteiger partial charge >= 0.3 is 6.03 Å². The molecular formula is C18H28N2O3. The number of para-hydroxylation sites is 1. The molecule has 2 rings (SSSR count). The van der Waals surface area contributed by atoms with Gasteiger partial charge in [-0.25, -0.2) is 4.79 Å². The van der Waals surface area contributed by atoms with Crippen LogP contribution in [0.2, 0.25) is 0 Å². The minimum absolute atomic E-state index is 0.204. The number of aliphatic hydroxyl groups excluding tert-OH is 1. The van der Waals surface area contributed by atoms with Crippen molar-refractivity contribution in [2.24, 2.45) is 5.92 Å². The van der Waals surface area contributed by atoms with Gasteiger partial charge in [0, 0.05) is 18.7 Å². The Kier molecular flexibility index (Phi) is 6.71. The average Bonchev–Trinajstić information content (AvgIpc) is 2.49. The van der Waals surface area contributed by atoms with Gasteiger partial charge in [0.2, 0.25) is 0 Å². The summed E-state index contributed by atoms with van der Waals surface area (Å²) in [5.41, 5.74) is 0.983. The molecule has 1 fully saturated rings. The molecule has 1 unspecified atom stereocenters. The Balaban J connectivity index is 1.73. The van der Waals surface area contributed by atoms with Gasteiger partial charge in [0.1, 0.15) is 5.75 Å². The molecule has 0 radical (unpaired) electrons. The SMILES string of the molecule is CC(C)C(O)CCNC(=O)NCc1ccccc1OC1CCC1. The highest BCUT2D eigenvalue weighted by atomic mass is 16.5. The Labute approximate surface area is 138 Å². The van der Waals surface area contributed by atoms with Gasteiger partial charge in [-0.1, -0.05) is 32.0 Å². The number of nitrogens with one attached hydrogen (secondary N) is 2. The molecule has 5 nitrogen and oxygen atoms in total. The molecule has 0 saturated heterocycles. The lowest BCUT2D eigenvalue weighted by molar-refractivity contribution is 0.116. The number of benzene rings is 1. The molecule has 1 aliphatic rings. The number of hydrogen-bond donors (Lipinski definition) is 3. The first-order valence-electron chi connectivity index (χ1n) is 8.50. The fourth-order valence-corrected chi connectivity index (χ4v) is 2.34. The van der Waals surface area contributed by atoms with E-state index in [0.717, 1.165) is 24.2 Å². The lowest BCUT2D eigenvalue weighted by Gasteiger charge is -2.27. The summed E-state index contributed by atoms with van der Waals surface area (Å²) in [6.07, 6.45) is 3.96. The highest BCUT2D eigenvalue weighted by molar-refractivity contribution is 5.73. The molecule has 1 saturated carbocycles. The third-order valence-corrected chi connectivity index (χ3v) is 4.25. The number of hydrogen-bond acceptors (Lipinski definition) is 3. The molecule has 1 aliphatic carbocycles. The van der Waals surface area contributed by atoms with E-state index >= 15 is 0 Å². The fourth-order valence-electron chi connectivity index (χ4n) is 2.34. The molecule has 0 aromatic heterocycles. The topological polar surface area (TPSA) is 70.6 Å². The second-order valence-corrected chi connectivity index (χ2v) is 6.49. The predicted octanol–water partition coefficient (Wildman–Crippen LogP) is 2.82. The number of amides is 2. The van der Waals surface area contributed by atoms with E-state index in [1.807, 2.05) is 38.1 Å². The average molecular weight is 320 g/mol. The highest BCUT2D eigenvalue weighted by Gasteiger charge is 2.20. The van der Waals surface area contributed by atoms with Crippen LogP contribution in [0.4, 0.5) is 4.79 Å². The van der Waals surface area contributed by atoms with Gasteiger partial charge < -0.3 is 20.5 Å². The van der Waals surface area contributed by atoms with Gasteiger partial charge in [-0.15, -0.1) is 0 Å². The molecular weight excluding hydrogens is 292 g/mol. The molecule has 128 valence electrons. The summed E-state index contributed by atoms with van der Waals surface area (Å²) >= 11 is 0. The largest absolute Gasteiger partial charge is 0.490 e. The number of carbonyl (C=O) groups is 1. The molecule has 0 spiro atoms. The number of ether oxygens (including phenoxy) is 1. The smallest absolute Gasteiger partial charge is 0.315 e. The van der Waals surface area contributed by atoms with Gasteiger partial charge in [0.25, 0.3) is 0 Å². The van der Waals surface area contributed by atoms with E-state index in [1.54, 1.807) is 0 Å². The normalized spacial score (nSPS) is 15.8. The minimum atomic E-state index is -0.382. The molecule has 3 N–H and O–H groups in total. The van der Waals surface area contributed by atoms with Gasteiger partial charge in [-0.05, 0) is 37.7 Å². The quantitative estimate of drug-likeness (QED) is 0.690. The zero-order valence-electron chi connectivity index (χ0n) is 14.0. The van der Waals surface area contributed by atoms with Crippen LogP contribution in [-0.4, -0.2) is 29.9 Å². The van der Waals surface area contributed by atoms with Crippen molar-refractivity contribution in [1.29, 1.82) is 0 Å². The van der Waals surface area contributed by atoms with Crippen molar-refractivity contribution < 1.29 is 14.6 Å². The van der Waals surface area contributed by atoms with E-state index < -0.39 is 0 Å². The lowest BCUT2D eigenvalue weighted by atomic mass is 9.96. The maximum Gasteiger partial charge on any atom is 0.315 e. The van der Waals surface area contributed by atoms with Crippen LogP contribution in [0.25, 0.3) is 0 Å². The van der Waals surface area contributed by atoms with Crippen LogP contribution in [-0.2, 0) is 6.54 Å². The monoisotopic (exact) mass is 320 g/mol. The number of aliphatic hydroxyl groups is 1. The molecule has 23 heavy (non-hydrogen) atoms. The van der Waals surface area contributed by atoms with Gasteiger partial charge in [-0.2, -0.15) is 0 Å². The first-order chi connectivity index (χ1) is 11.1. The summed E-state index contributed by atoms with van der Waals surface area (Å²) in [7, 11) is 0. The molecule has 0 bridgehead atoms. The van der Waals surface area contributed by atoms with Crippen LogP contribution in [0, 0.1) is 5.92 Å². The van der Waals surface area contributed by atoms with Crippen LogP contribution in [0.15, 0.2) is 24.3 Å². The Morgan fingerprint density at radius 1 is 1.30 bits per heavy atom. The Hall–Kier alpha value is -1.75. The minimum Gasteiger partial charge on any atom is -0.490 e. The van der Waals surface area contributed by atoms with Crippen LogP contribution in [0.1, 0.15) is 45.1 Å². The van der Waals surface area contributed by atoms with E-state index in [0.29, 0.717) is 25.6 Å². The Morgan fingerprint density at radius 3 is 2.70 bits per heavy atom. The van der Waals surface area contributed by atoms with E-state index in [1.165, 1.54) is 6.42 Å². The summed E-state index contributed by atoms with van der Waals surface area (Å²) in [5.74, 6) is 1.06. The number of rotatable bonds is 8. The molecule has 0 aliphatic heterocycles. The first-order valence-corrected chi connectivity index (χ1v) is 8.50. The van der Waals surface area contributed by atoms with E-state index in [2.05, 4.69) is 10.6 Å². The van der Waals surface area contributed by atoms with Gasteiger partial charge in [0.15, 0.2) is 0 Å². The van der Waals surface area contributed by atoms with E-state index in [4.69, 9.17) is 4.74 Å². The lowest BCUT2D eigenvalue weighted by Crippen LogP contribution is -2.37. The second kappa shape index (κ2) is 8.77. The van der Waals surface area contributed by atoms with Crippen molar-refractivity contribution in [2.75, 3.05) is 6.54 Å². The molecule has 1 aromatic carbocycles. The van der Waals surface area contributed by atoms with Crippen molar-refractivity contribution >= 4 is 6.03 Å². The first kappa shape index (κ1) is 17.6. The fraction of sp³-hybridized carbons (Fsp3) is 0.611. The Morgan fingerprint density at radius 2 is 2.04 bits per heavy atom. The summed E-state index contributed by atoms with van der Waals surface area (Å²) in [6, 6.07) is 7.59. The molecule has 2 amide bonds. The van der Waals surface area contributed by atoms with Crippen molar-refractivity contribution in [3.8, 4) is 5.75 Å². The predicted molar refractivity (Wildman–Crippen MR) is 90.4 cm³/mol. The van der Waals surface area contributed by atoms with Crippen molar-refractivity contribution in [1.82, 2.24) is 10.6 Å². The van der Waals surface area contributed by atoms with Crippen molar-refractivity contribution in [3.05, 3.63) is 29.8 Å². The second-order valence-electron chi connectivity index (χ2n) is 6.49. The zero-order valence-corrected chi connectivity index (χ0v) is 14.0. The maximum absolute atomic E-state index is 11.8. The van der Waals surface area contributed by atoms with Crippen molar-refractivity contribution in [2.45, 2.75) is 58.3 Å². The van der Waals surface area contributed by atoms with Crippen LogP contribution in [0.5, 0.6) is 5.75 Å². The summed E-state index contributed by atoms with van der Waals surface area (Å²) in [5, 5.41) is 15.3. The standard InChI is InChI=1S/C18H28N2O3/c1-13(2)16(21)10-11-19-18(22)20-12-14-6-3-4-9-17(14)23-15-7-5-8-15/h3-4,6,9,13,15-16,21H,5,7-8,10-12H2,1-2H3,(H2,19,20,22). The molecule has 0 heterocycles. The summed E-state index contributed by atoms with van der Waals surface area (Å²) in [6.45, 7) is 4.82. The highest BCUT2D eigenvalue weighted by Crippen LogP contribution is 2.27. The van der Waals surface area contributed by atoms with Crippen LogP contribution in [0.3, 0.4) is 0 Å². The summed E-state index contributed by atoms with van der Waals surface area (Å²) < 4.78 is 5.95. The Bertz CT molecular complexity index is 501. The maximum atomic E-state index is 11.8. The molecule has 1 atom stereocenters. The number of carbonyl (C=O) groups excluding carboxylic acids is 1. The molecule has 5 heteroatoms. The van der Waals surface area contributed by atoms with Gasteiger partial charge in [0.05, 0.1) is 12.2 Å². The van der Waals surface area contributed by atoms with E-state index in [9.17, 15) is 9.90 Å². The van der Waals surface area contributed by atoms with Gasteiger partial charge in [-0.3, -0.25) is 0 Å². The zero-order chi connectivity index (χ0) is 16.7. The van der Waals surface area contributed by atoms with Crippen LogP contribution < -0.4 is 15.4 Å².